The normalized spacial score (nSPS) is 20.1. The summed E-state index contributed by atoms with van der Waals surface area (Å²) in [5.74, 6) is 0.690. The van der Waals surface area contributed by atoms with Crippen LogP contribution in [0.15, 0.2) is 0 Å². The van der Waals surface area contributed by atoms with Crippen molar-refractivity contribution in [1.29, 1.82) is 0 Å². The fourth-order valence-corrected chi connectivity index (χ4v) is 2.97. The Bertz CT molecular complexity index is 399. The molecule has 0 spiro atoms. The summed E-state index contributed by atoms with van der Waals surface area (Å²) in [7, 11) is 0. The van der Waals surface area contributed by atoms with E-state index in [-0.39, 0.29) is 11.8 Å². The second kappa shape index (κ2) is 6.24. The van der Waals surface area contributed by atoms with E-state index in [1.807, 2.05) is 0 Å². The summed E-state index contributed by atoms with van der Waals surface area (Å²) >= 11 is 1.48. The van der Waals surface area contributed by atoms with Gasteiger partial charge in [-0.2, -0.15) is 0 Å². The summed E-state index contributed by atoms with van der Waals surface area (Å²) in [6, 6.07) is 0. The van der Waals surface area contributed by atoms with Crippen LogP contribution in [0.3, 0.4) is 0 Å². The van der Waals surface area contributed by atoms with Gasteiger partial charge >= 0.3 is 0 Å². The van der Waals surface area contributed by atoms with Crippen LogP contribution in [0.5, 0.6) is 0 Å². The van der Waals surface area contributed by atoms with E-state index in [2.05, 4.69) is 34.7 Å². The predicted molar refractivity (Wildman–Crippen MR) is 72.7 cm³/mol. The molecule has 100 valence electrons. The topological polar surface area (TPSA) is 66.9 Å². The molecule has 5 nitrogen and oxygen atoms in total. The van der Waals surface area contributed by atoms with Gasteiger partial charge in [0.05, 0.1) is 5.92 Å². The molecule has 0 aliphatic carbocycles. The molecule has 6 heteroatoms. The van der Waals surface area contributed by atoms with Crippen molar-refractivity contribution in [2.24, 2.45) is 11.8 Å². The highest BCUT2D eigenvalue weighted by molar-refractivity contribution is 7.15. The number of aromatic nitrogens is 2. The quantitative estimate of drug-likeness (QED) is 0.872. The van der Waals surface area contributed by atoms with E-state index in [9.17, 15) is 4.79 Å². The molecule has 2 N–H and O–H groups in total. The van der Waals surface area contributed by atoms with E-state index in [4.69, 9.17) is 0 Å². The first-order valence-electron chi connectivity index (χ1n) is 6.49. The van der Waals surface area contributed by atoms with E-state index in [0.717, 1.165) is 37.4 Å². The minimum atomic E-state index is 0.0643. The third-order valence-corrected chi connectivity index (χ3v) is 3.81. The van der Waals surface area contributed by atoms with Gasteiger partial charge in [0, 0.05) is 13.0 Å². The molecular formula is C12H20N4OS. The zero-order valence-corrected chi connectivity index (χ0v) is 11.7. The molecule has 1 unspecified atom stereocenters. The Kier molecular flexibility index (Phi) is 4.66. The number of hydrogen-bond acceptors (Lipinski definition) is 5. The highest BCUT2D eigenvalue weighted by atomic mass is 32.1. The highest BCUT2D eigenvalue weighted by Crippen LogP contribution is 2.20. The smallest absolute Gasteiger partial charge is 0.230 e. The van der Waals surface area contributed by atoms with E-state index in [1.165, 1.54) is 11.3 Å². The van der Waals surface area contributed by atoms with Gasteiger partial charge in [0.25, 0.3) is 0 Å². The van der Waals surface area contributed by atoms with Crippen molar-refractivity contribution >= 4 is 22.4 Å². The van der Waals surface area contributed by atoms with Crippen molar-refractivity contribution in [2.45, 2.75) is 33.1 Å². The number of nitrogens with one attached hydrogen (secondary N) is 2. The minimum absolute atomic E-state index is 0.0643. The molecule has 0 radical (unpaired) electrons. The second-order valence-corrected chi connectivity index (χ2v) is 6.19. The van der Waals surface area contributed by atoms with Crippen LogP contribution in [-0.2, 0) is 11.2 Å². The number of carbonyl (C=O) groups excluding carboxylic acids is 1. The number of hydrogen-bond donors (Lipinski definition) is 2. The van der Waals surface area contributed by atoms with Gasteiger partial charge in [-0.15, -0.1) is 10.2 Å². The van der Waals surface area contributed by atoms with Gasteiger partial charge in [-0.1, -0.05) is 25.2 Å². The summed E-state index contributed by atoms with van der Waals surface area (Å²) in [6.07, 6.45) is 2.93. The standard InChI is InChI=1S/C12H20N4OS/c1-8(2)6-10-15-16-12(18-10)14-11(17)9-4-3-5-13-7-9/h8-9,13H,3-7H2,1-2H3,(H,14,16,17). The average Bonchev–Trinajstić information content (AvgIpc) is 2.76. The molecule has 1 atom stereocenters. The van der Waals surface area contributed by atoms with E-state index in [1.54, 1.807) is 0 Å². The van der Waals surface area contributed by atoms with Gasteiger partial charge in [-0.25, -0.2) is 0 Å². The van der Waals surface area contributed by atoms with Gasteiger partial charge < -0.3 is 10.6 Å². The Balaban J connectivity index is 1.88. The molecule has 1 aromatic heterocycles. The summed E-state index contributed by atoms with van der Waals surface area (Å²) in [6.45, 7) is 6.07. The summed E-state index contributed by atoms with van der Waals surface area (Å²) < 4.78 is 0. The SMILES string of the molecule is CC(C)Cc1nnc(NC(=O)C2CCCNC2)s1. The lowest BCUT2D eigenvalue weighted by Crippen LogP contribution is -2.37. The molecule has 1 aliphatic heterocycles. The van der Waals surface area contributed by atoms with Gasteiger partial charge in [0.1, 0.15) is 5.01 Å². The van der Waals surface area contributed by atoms with Crippen LogP contribution < -0.4 is 10.6 Å². The molecule has 1 saturated heterocycles. The summed E-state index contributed by atoms with van der Waals surface area (Å²) in [5.41, 5.74) is 0. The van der Waals surface area contributed by atoms with Crippen molar-refractivity contribution in [3.05, 3.63) is 5.01 Å². The molecule has 2 rings (SSSR count). The van der Waals surface area contributed by atoms with Crippen LogP contribution in [0.1, 0.15) is 31.7 Å². The first-order chi connectivity index (χ1) is 8.65. The van der Waals surface area contributed by atoms with Gasteiger partial charge in [-0.05, 0) is 25.3 Å². The maximum atomic E-state index is 12.0. The van der Waals surface area contributed by atoms with Gasteiger partial charge in [-0.3, -0.25) is 4.79 Å². The molecule has 1 aromatic rings. The van der Waals surface area contributed by atoms with Crippen molar-refractivity contribution in [3.8, 4) is 0 Å². The fraction of sp³-hybridized carbons (Fsp3) is 0.750. The maximum absolute atomic E-state index is 12.0. The second-order valence-electron chi connectivity index (χ2n) is 5.13. The predicted octanol–water partition coefficient (Wildman–Crippen LogP) is 1.67. The monoisotopic (exact) mass is 268 g/mol. The molecular weight excluding hydrogens is 248 g/mol. The fourth-order valence-electron chi connectivity index (χ4n) is 2.02. The van der Waals surface area contributed by atoms with Crippen molar-refractivity contribution < 1.29 is 4.79 Å². The number of rotatable bonds is 4. The van der Waals surface area contributed by atoms with Crippen LogP contribution in [0.4, 0.5) is 5.13 Å². The number of nitrogens with zero attached hydrogens (tertiary/aromatic N) is 2. The lowest BCUT2D eigenvalue weighted by molar-refractivity contribution is -0.120. The van der Waals surface area contributed by atoms with Crippen LogP contribution in [-0.4, -0.2) is 29.2 Å². The first-order valence-corrected chi connectivity index (χ1v) is 7.30. The molecule has 0 saturated carbocycles. The lowest BCUT2D eigenvalue weighted by Gasteiger charge is -2.21. The van der Waals surface area contributed by atoms with Crippen molar-refractivity contribution in [1.82, 2.24) is 15.5 Å². The van der Waals surface area contributed by atoms with Crippen LogP contribution >= 0.6 is 11.3 Å². The molecule has 1 fully saturated rings. The largest absolute Gasteiger partial charge is 0.316 e. The molecule has 2 heterocycles. The van der Waals surface area contributed by atoms with E-state index >= 15 is 0 Å². The molecule has 0 aromatic carbocycles. The molecule has 1 amide bonds. The Hall–Kier alpha value is -1.01. The maximum Gasteiger partial charge on any atom is 0.230 e. The van der Waals surface area contributed by atoms with Crippen LogP contribution in [0.2, 0.25) is 0 Å². The first kappa shape index (κ1) is 13.4. The zero-order chi connectivity index (χ0) is 13.0. The molecule has 1 aliphatic rings. The lowest BCUT2D eigenvalue weighted by atomic mass is 9.99. The van der Waals surface area contributed by atoms with Crippen LogP contribution in [0, 0.1) is 11.8 Å². The molecule has 0 bridgehead atoms. The highest BCUT2D eigenvalue weighted by Gasteiger charge is 2.21. The van der Waals surface area contributed by atoms with Crippen molar-refractivity contribution in [3.63, 3.8) is 0 Å². The van der Waals surface area contributed by atoms with Crippen LogP contribution in [0.25, 0.3) is 0 Å². The van der Waals surface area contributed by atoms with Crippen molar-refractivity contribution in [2.75, 3.05) is 18.4 Å². The Morgan fingerprint density at radius 1 is 1.56 bits per heavy atom. The zero-order valence-electron chi connectivity index (χ0n) is 10.9. The Morgan fingerprint density at radius 3 is 3.06 bits per heavy atom. The third-order valence-electron chi connectivity index (χ3n) is 2.95. The summed E-state index contributed by atoms with van der Waals surface area (Å²) in [4.78, 5) is 12.0. The Labute approximate surface area is 111 Å². The number of anilines is 1. The van der Waals surface area contributed by atoms with E-state index < -0.39 is 0 Å². The third kappa shape index (κ3) is 3.74. The number of piperidine rings is 1. The number of carbonyl (C=O) groups is 1. The van der Waals surface area contributed by atoms with E-state index in [0.29, 0.717) is 11.0 Å². The van der Waals surface area contributed by atoms with Gasteiger partial charge in [0.2, 0.25) is 11.0 Å². The van der Waals surface area contributed by atoms with Gasteiger partial charge in [0.15, 0.2) is 0 Å². The summed E-state index contributed by atoms with van der Waals surface area (Å²) in [5, 5.41) is 15.8. The Morgan fingerprint density at radius 2 is 2.39 bits per heavy atom. The number of amides is 1. The molecule has 18 heavy (non-hydrogen) atoms. The minimum Gasteiger partial charge on any atom is -0.316 e. The average molecular weight is 268 g/mol.